The molecule has 14 heteroatoms. The monoisotopic (exact) mass is 616 g/mol. The second-order valence-corrected chi connectivity index (χ2v) is 12.9. The van der Waals surface area contributed by atoms with Crippen molar-refractivity contribution in [3.8, 4) is 5.75 Å². The molecule has 1 atom stereocenters. The fourth-order valence-electron chi connectivity index (χ4n) is 5.70. The first-order valence-electron chi connectivity index (χ1n) is 13.4. The number of nitrogens with zero attached hydrogens (tertiary/aromatic N) is 4. The number of benzene rings is 2. The maximum Gasteiger partial charge on any atom is 0.452 e. The van der Waals surface area contributed by atoms with Gasteiger partial charge in [-0.1, -0.05) is 30.3 Å². The van der Waals surface area contributed by atoms with E-state index in [4.69, 9.17) is 9.47 Å². The van der Waals surface area contributed by atoms with Crippen LogP contribution in [0, 0.1) is 13.8 Å². The number of para-hydroxylation sites is 1. The number of alkyl halides is 3. The van der Waals surface area contributed by atoms with Crippen LogP contribution in [0.15, 0.2) is 59.6 Å². The molecule has 0 amide bonds. The lowest BCUT2D eigenvalue weighted by atomic mass is 9.85. The van der Waals surface area contributed by atoms with E-state index in [-0.39, 0.29) is 49.0 Å². The van der Waals surface area contributed by atoms with Gasteiger partial charge in [-0.05, 0) is 59.9 Å². The molecule has 10 nitrogen and oxygen atoms in total. The summed E-state index contributed by atoms with van der Waals surface area (Å²) in [5.41, 5.74) is 1.95. The summed E-state index contributed by atoms with van der Waals surface area (Å²) in [4.78, 5) is 12.0. The third-order valence-corrected chi connectivity index (χ3v) is 9.82. The van der Waals surface area contributed by atoms with Crippen LogP contribution in [0.4, 0.5) is 13.2 Å². The highest BCUT2D eigenvalue weighted by Crippen LogP contribution is 2.39. The molecule has 1 saturated heterocycles. The molecule has 6 rings (SSSR count). The number of fused-ring (bicyclic) bond motifs is 2. The van der Waals surface area contributed by atoms with Crippen molar-refractivity contribution < 1.29 is 41.0 Å². The third-order valence-electron chi connectivity index (χ3n) is 7.99. The molecule has 1 fully saturated rings. The second kappa shape index (κ2) is 10.3. The highest BCUT2D eigenvalue weighted by atomic mass is 32.2. The van der Waals surface area contributed by atoms with E-state index in [9.17, 15) is 31.5 Å². The zero-order valence-corrected chi connectivity index (χ0v) is 23.9. The van der Waals surface area contributed by atoms with Gasteiger partial charge in [-0.3, -0.25) is 9.20 Å². The number of sulfonamides is 1. The van der Waals surface area contributed by atoms with E-state index in [0.29, 0.717) is 22.3 Å². The lowest BCUT2D eigenvalue weighted by Gasteiger charge is -2.41. The minimum atomic E-state index is -4.72. The van der Waals surface area contributed by atoms with Crippen molar-refractivity contribution in [3.05, 3.63) is 88.4 Å². The first-order valence-corrected chi connectivity index (χ1v) is 14.8. The smallest absolute Gasteiger partial charge is 0.452 e. The van der Waals surface area contributed by atoms with Gasteiger partial charge in [0.15, 0.2) is 11.2 Å². The Morgan fingerprint density at radius 1 is 1.12 bits per heavy atom. The number of pyridine rings is 1. The van der Waals surface area contributed by atoms with Crippen LogP contribution in [0.25, 0.3) is 5.65 Å². The molecule has 1 unspecified atom stereocenters. The number of aryl methyl sites for hydroxylation is 2. The Kier molecular flexibility index (Phi) is 6.98. The molecule has 0 bridgehead atoms. The lowest BCUT2D eigenvalue weighted by molar-refractivity contribution is -0.165. The van der Waals surface area contributed by atoms with Crippen molar-refractivity contribution >= 4 is 21.6 Å². The molecular formula is C29H27F3N4O6S. The van der Waals surface area contributed by atoms with Crippen LogP contribution in [0.1, 0.15) is 46.0 Å². The van der Waals surface area contributed by atoms with Gasteiger partial charge in [-0.25, -0.2) is 8.42 Å². The highest BCUT2D eigenvalue weighted by Gasteiger charge is 2.49. The molecule has 2 aromatic heterocycles. The summed E-state index contributed by atoms with van der Waals surface area (Å²) in [5.74, 6) is -2.79. The van der Waals surface area contributed by atoms with Gasteiger partial charge in [0.25, 0.3) is 0 Å². The Labute approximate surface area is 244 Å². The van der Waals surface area contributed by atoms with E-state index >= 15 is 0 Å². The van der Waals surface area contributed by atoms with Crippen LogP contribution in [-0.2, 0) is 32.3 Å². The van der Waals surface area contributed by atoms with E-state index in [1.54, 1.807) is 43.3 Å². The summed E-state index contributed by atoms with van der Waals surface area (Å²) in [5, 5.41) is 16.8. The zero-order chi connectivity index (χ0) is 30.7. The van der Waals surface area contributed by atoms with E-state index in [1.165, 1.54) is 22.6 Å². The topological polar surface area (TPSA) is 123 Å². The summed E-state index contributed by atoms with van der Waals surface area (Å²) in [6, 6.07) is 13.2. The van der Waals surface area contributed by atoms with Crippen LogP contribution in [0.5, 0.6) is 5.75 Å². The number of hydrogen-bond donors (Lipinski definition) is 1. The number of rotatable bonds is 6. The van der Waals surface area contributed by atoms with E-state index in [0.717, 1.165) is 9.96 Å². The van der Waals surface area contributed by atoms with E-state index in [1.807, 2.05) is 6.92 Å². The largest absolute Gasteiger partial charge is 0.481 e. The van der Waals surface area contributed by atoms with Crippen molar-refractivity contribution in [2.45, 2.75) is 49.4 Å². The van der Waals surface area contributed by atoms with Crippen molar-refractivity contribution in [2.24, 2.45) is 0 Å². The molecule has 2 aliphatic rings. The first-order chi connectivity index (χ1) is 20.3. The molecule has 0 radical (unpaired) electrons. The molecular weight excluding hydrogens is 589 g/mol. The van der Waals surface area contributed by atoms with Gasteiger partial charge in [-0.2, -0.15) is 17.5 Å². The molecule has 1 N–H and O–H groups in total. The van der Waals surface area contributed by atoms with Gasteiger partial charge in [0.1, 0.15) is 10.6 Å². The minimum absolute atomic E-state index is 0.0155. The van der Waals surface area contributed by atoms with Crippen LogP contribution < -0.4 is 4.74 Å². The van der Waals surface area contributed by atoms with Crippen molar-refractivity contribution in [2.75, 3.05) is 19.8 Å². The van der Waals surface area contributed by atoms with Gasteiger partial charge in [0.05, 0.1) is 26.2 Å². The third kappa shape index (κ3) is 5.12. The fourth-order valence-corrected chi connectivity index (χ4v) is 7.30. The Morgan fingerprint density at radius 3 is 2.53 bits per heavy atom. The summed E-state index contributed by atoms with van der Waals surface area (Å²) in [6.07, 6.45) is -3.89. The van der Waals surface area contributed by atoms with Crippen LogP contribution >= 0.6 is 0 Å². The van der Waals surface area contributed by atoms with Gasteiger partial charge in [0, 0.05) is 18.7 Å². The average molecular weight is 617 g/mol. The normalized spacial score (nSPS) is 18.4. The van der Waals surface area contributed by atoms with E-state index < -0.39 is 39.5 Å². The molecule has 2 aliphatic heterocycles. The summed E-state index contributed by atoms with van der Waals surface area (Å²) in [6.45, 7) is 3.90. The maximum atomic E-state index is 13.8. The highest BCUT2D eigenvalue weighted by molar-refractivity contribution is 7.89. The Bertz CT molecular complexity index is 1850. The molecule has 226 valence electrons. The second-order valence-electron chi connectivity index (χ2n) is 10.9. The molecule has 43 heavy (non-hydrogen) atoms. The van der Waals surface area contributed by atoms with Gasteiger partial charge >= 0.3 is 12.1 Å². The molecule has 1 spiro atoms. The predicted octanol–water partition coefficient (Wildman–Crippen LogP) is 4.32. The SMILES string of the molecule is Cc1ccc(C(CC(=O)O)c2ccn3c(C(F)(F)F)nnc3c2C)cc1CN1CC2(COC2)Oc2ccccc2S1(=O)=O. The molecule has 4 heterocycles. The number of ether oxygens (including phenoxy) is 2. The number of aliphatic carboxylic acids is 1. The van der Waals surface area contributed by atoms with Crippen molar-refractivity contribution in [1.82, 2.24) is 18.9 Å². The fraction of sp³-hybridized carbons (Fsp3) is 0.345. The predicted molar refractivity (Wildman–Crippen MR) is 146 cm³/mol. The standard InChI is InChI=1S/C29H27F3N4O6S/c1-17-7-8-19(22(12-25(37)38)21-9-10-36-26(18(21)2)33-34-27(36)29(30,31)32)11-20(17)13-35-14-28(15-41-16-28)42-23-5-3-4-6-24(23)43(35,39)40/h3-11,22H,12-16H2,1-2H3,(H,37,38). The Balaban J connectivity index is 1.40. The molecule has 2 aromatic carbocycles. The number of carboxylic acid groups (broad SMARTS) is 1. The maximum absolute atomic E-state index is 13.8. The van der Waals surface area contributed by atoms with Crippen LogP contribution in [0.2, 0.25) is 0 Å². The molecule has 0 saturated carbocycles. The van der Waals surface area contributed by atoms with Gasteiger partial charge < -0.3 is 14.6 Å². The average Bonchev–Trinajstić information content (AvgIpc) is 3.34. The minimum Gasteiger partial charge on any atom is -0.481 e. The zero-order valence-electron chi connectivity index (χ0n) is 23.1. The van der Waals surface area contributed by atoms with Crippen molar-refractivity contribution in [1.29, 1.82) is 0 Å². The molecule has 4 aromatic rings. The summed E-state index contributed by atoms with van der Waals surface area (Å²) >= 11 is 0. The summed E-state index contributed by atoms with van der Waals surface area (Å²) in [7, 11) is -3.98. The van der Waals surface area contributed by atoms with Crippen molar-refractivity contribution in [3.63, 3.8) is 0 Å². The first kappa shape index (κ1) is 29.1. The molecule has 0 aliphatic carbocycles. The number of carbonyl (C=O) groups is 1. The van der Waals surface area contributed by atoms with Gasteiger partial charge in [0.2, 0.25) is 15.8 Å². The van der Waals surface area contributed by atoms with Gasteiger partial charge in [-0.15, -0.1) is 10.2 Å². The number of halogens is 3. The lowest BCUT2D eigenvalue weighted by Crippen LogP contribution is -2.60. The summed E-state index contributed by atoms with van der Waals surface area (Å²) < 4.78 is 81.7. The van der Waals surface area contributed by atoms with E-state index in [2.05, 4.69) is 10.2 Å². The number of carboxylic acids is 1. The quantitative estimate of drug-likeness (QED) is 0.340. The van der Waals surface area contributed by atoms with Crippen LogP contribution in [0.3, 0.4) is 0 Å². The number of aromatic nitrogens is 3. The Morgan fingerprint density at radius 2 is 1.86 bits per heavy atom. The number of hydrogen-bond acceptors (Lipinski definition) is 7. The Hall–Kier alpha value is -4.01. The van der Waals surface area contributed by atoms with Crippen LogP contribution in [-0.4, -0.2) is 63.8 Å².